The molecule has 27 heavy (non-hydrogen) atoms. The summed E-state index contributed by atoms with van der Waals surface area (Å²) in [6, 6.07) is 7.74. The zero-order valence-electron chi connectivity index (χ0n) is 15.9. The summed E-state index contributed by atoms with van der Waals surface area (Å²) in [5, 5.41) is 13.2. The second kappa shape index (κ2) is 7.29. The topological polar surface area (TPSA) is 78.4 Å². The van der Waals surface area contributed by atoms with Crippen LogP contribution in [0.25, 0.3) is 0 Å². The molecular formula is C20H25N5O2. The van der Waals surface area contributed by atoms with Crippen LogP contribution in [0.2, 0.25) is 0 Å². The van der Waals surface area contributed by atoms with Gasteiger partial charge in [0, 0.05) is 38.3 Å². The first-order valence-corrected chi connectivity index (χ1v) is 9.49. The molecule has 7 nitrogen and oxygen atoms in total. The summed E-state index contributed by atoms with van der Waals surface area (Å²) in [6.45, 7) is 9.18. The van der Waals surface area contributed by atoms with Crippen molar-refractivity contribution >= 4 is 5.82 Å². The molecule has 0 aliphatic carbocycles. The molecule has 2 fully saturated rings. The van der Waals surface area contributed by atoms with Crippen LogP contribution in [0.5, 0.6) is 0 Å². The fraction of sp³-hybridized carbons (Fsp3) is 0.550. The molecule has 0 N–H and O–H groups in total. The highest BCUT2D eigenvalue weighted by Gasteiger charge is 2.40. The number of anilines is 1. The van der Waals surface area contributed by atoms with Gasteiger partial charge in [-0.25, -0.2) is 4.98 Å². The Balaban J connectivity index is 1.41. The van der Waals surface area contributed by atoms with Crippen molar-refractivity contribution in [2.45, 2.75) is 38.8 Å². The summed E-state index contributed by atoms with van der Waals surface area (Å²) in [5.41, 5.74) is 2.52. The van der Waals surface area contributed by atoms with Crippen LogP contribution in [-0.2, 0) is 11.3 Å². The van der Waals surface area contributed by atoms with E-state index in [9.17, 15) is 0 Å². The maximum atomic E-state index is 9.10. The fourth-order valence-electron chi connectivity index (χ4n) is 4.07. The Morgan fingerprint density at radius 2 is 2.04 bits per heavy atom. The van der Waals surface area contributed by atoms with Gasteiger partial charge in [0.05, 0.1) is 17.9 Å². The Labute approximate surface area is 159 Å². The van der Waals surface area contributed by atoms with Gasteiger partial charge in [0.15, 0.2) is 0 Å². The van der Waals surface area contributed by atoms with E-state index in [4.69, 9.17) is 14.5 Å². The van der Waals surface area contributed by atoms with Crippen LogP contribution in [0.3, 0.4) is 0 Å². The molecule has 4 rings (SSSR count). The Bertz CT molecular complexity index is 829. The summed E-state index contributed by atoms with van der Waals surface area (Å²) < 4.78 is 11.5. The second-order valence-corrected chi connectivity index (χ2v) is 7.52. The zero-order chi connectivity index (χ0) is 18.9. The molecular weight excluding hydrogens is 342 g/mol. The van der Waals surface area contributed by atoms with Gasteiger partial charge in [-0.2, -0.15) is 5.26 Å². The molecule has 0 radical (unpaired) electrons. The third-order valence-electron chi connectivity index (χ3n) is 5.75. The summed E-state index contributed by atoms with van der Waals surface area (Å²) in [6.07, 6.45) is 1.98. The van der Waals surface area contributed by atoms with Crippen molar-refractivity contribution in [3.8, 4) is 6.07 Å². The Kier molecular flexibility index (Phi) is 4.85. The molecule has 4 heterocycles. The number of likely N-dealkylation sites (tertiary alicyclic amines) is 1. The largest absolute Gasteiger partial charge is 0.371 e. The molecule has 2 aromatic rings. The molecule has 0 saturated carbocycles. The third kappa shape index (κ3) is 3.68. The number of aromatic nitrogens is 2. The lowest BCUT2D eigenvalue weighted by Crippen LogP contribution is -2.57. The minimum atomic E-state index is -0.127. The van der Waals surface area contributed by atoms with Crippen molar-refractivity contribution in [2.24, 2.45) is 0 Å². The molecule has 2 aliphatic heterocycles. The van der Waals surface area contributed by atoms with Crippen molar-refractivity contribution in [2.75, 3.05) is 37.7 Å². The summed E-state index contributed by atoms with van der Waals surface area (Å²) in [4.78, 5) is 9.17. The fourth-order valence-corrected chi connectivity index (χ4v) is 4.07. The van der Waals surface area contributed by atoms with Gasteiger partial charge in [-0.05, 0) is 38.8 Å². The van der Waals surface area contributed by atoms with Crippen LogP contribution in [0.1, 0.15) is 35.6 Å². The number of pyridine rings is 1. The van der Waals surface area contributed by atoms with E-state index in [0.717, 1.165) is 62.8 Å². The quantitative estimate of drug-likeness (QED) is 0.824. The van der Waals surface area contributed by atoms with E-state index >= 15 is 0 Å². The number of morpholine rings is 1. The molecule has 0 amide bonds. The second-order valence-electron chi connectivity index (χ2n) is 7.52. The van der Waals surface area contributed by atoms with Gasteiger partial charge in [0.1, 0.15) is 23.3 Å². The molecule has 0 atom stereocenters. The summed E-state index contributed by atoms with van der Waals surface area (Å²) in [7, 11) is 0. The molecule has 2 saturated heterocycles. The first kappa shape index (κ1) is 18.0. The van der Waals surface area contributed by atoms with E-state index in [2.05, 4.69) is 26.0 Å². The first-order chi connectivity index (χ1) is 13.1. The predicted octanol–water partition coefficient (Wildman–Crippen LogP) is 2.43. The number of rotatable bonds is 3. The standard InChI is InChI=1S/C20H25N5O2/c1-15-18(16(2)27-23-15)13-24-8-6-20(7-9-24)14-25(10-11-26-20)19-5-3-4-17(12-21)22-19/h3-5H,6-11,13-14H2,1-2H3. The van der Waals surface area contributed by atoms with Gasteiger partial charge < -0.3 is 14.2 Å². The molecule has 0 bridgehead atoms. The number of nitrogens with zero attached hydrogens (tertiary/aromatic N) is 5. The molecule has 7 heteroatoms. The van der Waals surface area contributed by atoms with E-state index in [0.29, 0.717) is 12.3 Å². The van der Waals surface area contributed by atoms with E-state index < -0.39 is 0 Å². The van der Waals surface area contributed by atoms with Crippen LogP contribution in [0.4, 0.5) is 5.82 Å². The van der Waals surface area contributed by atoms with Gasteiger partial charge >= 0.3 is 0 Å². The number of nitriles is 1. The lowest BCUT2D eigenvalue weighted by atomic mass is 9.89. The number of ether oxygens (including phenoxy) is 1. The van der Waals surface area contributed by atoms with Crippen LogP contribution in [0.15, 0.2) is 22.7 Å². The van der Waals surface area contributed by atoms with Gasteiger partial charge in [0.25, 0.3) is 0 Å². The van der Waals surface area contributed by atoms with Gasteiger partial charge in [-0.1, -0.05) is 11.2 Å². The van der Waals surface area contributed by atoms with Crippen LogP contribution in [-0.4, -0.2) is 53.4 Å². The number of hydrogen-bond donors (Lipinski definition) is 0. The first-order valence-electron chi connectivity index (χ1n) is 9.49. The minimum Gasteiger partial charge on any atom is -0.371 e. The van der Waals surface area contributed by atoms with E-state index in [1.807, 2.05) is 26.0 Å². The van der Waals surface area contributed by atoms with Crippen molar-refractivity contribution in [3.05, 3.63) is 40.9 Å². The number of hydrogen-bond acceptors (Lipinski definition) is 7. The Morgan fingerprint density at radius 1 is 1.22 bits per heavy atom. The SMILES string of the molecule is Cc1noc(C)c1CN1CCC2(CC1)CN(c1cccc(C#N)n1)CCO2. The van der Waals surface area contributed by atoms with Crippen LogP contribution < -0.4 is 4.90 Å². The van der Waals surface area contributed by atoms with E-state index in [1.54, 1.807) is 6.07 Å². The normalized spacial score (nSPS) is 20.0. The lowest BCUT2D eigenvalue weighted by Gasteiger charge is -2.47. The van der Waals surface area contributed by atoms with Crippen molar-refractivity contribution in [1.82, 2.24) is 15.0 Å². The maximum Gasteiger partial charge on any atom is 0.142 e. The van der Waals surface area contributed by atoms with Gasteiger partial charge in [-0.3, -0.25) is 4.90 Å². The van der Waals surface area contributed by atoms with Crippen molar-refractivity contribution in [1.29, 1.82) is 5.26 Å². The average molecular weight is 367 g/mol. The van der Waals surface area contributed by atoms with Gasteiger partial charge in [-0.15, -0.1) is 0 Å². The highest BCUT2D eigenvalue weighted by Crippen LogP contribution is 2.32. The molecule has 2 aromatic heterocycles. The minimum absolute atomic E-state index is 0.127. The van der Waals surface area contributed by atoms with E-state index in [1.165, 1.54) is 5.56 Å². The van der Waals surface area contributed by atoms with Crippen molar-refractivity contribution < 1.29 is 9.26 Å². The summed E-state index contributed by atoms with van der Waals surface area (Å²) in [5.74, 6) is 1.78. The summed E-state index contributed by atoms with van der Waals surface area (Å²) >= 11 is 0. The monoisotopic (exact) mass is 367 g/mol. The lowest BCUT2D eigenvalue weighted by molar-refractivity contribution is -0.0922. The molecule has 0 unspecified atom stereocenters. The Hall–Kier alpha value is -2.43. The number of aryl methyl sites for hydroxylation is 2. The highest BCUT2D eigenvalue weighted by molar-refractivity contribution is 5.42. The molecule has 2 aliphatic rings. The van der Waals surface area contributed by atoms with Crippen molar-refractivity contribution in [3.63, 3.8) is 0 Å². The molecule has 142 valence electrons. The molecule has 0 aromatic carbocycles. The zero-order valence-corrected chi connectivity index (χ0v) is 15.9. The van der Waals surface area contributed by atoms with Gasteiger partial charge in [0.2, 0.25) is 0 Å². The third-order valence-corrected chi connectivity index (χ3v) is 5.75. The van der Waals surface area contributed by atoms with Crippen LogP contribution in [0, 0.1) is 25.2 Å². The number of piperidine rings is 1. The average Bonchev–Trinajstić information content (AvgIpc) is 3.02. The van der Waals surface area contributed by atoms with Crippen LogP contribution >= 0.6 is 0 Å². The predicted molar refractivity (Wildman–Crippen MR) is 100 cm³/mol. The molecule has 1 spiro atoms. The van der Waals surface area contributed by atoms with E-state index in [-0.39, 0.29) is 5.60 Å². The maximum absolute atomic E-state index is 9.10. The Morgan fingerprint density at radius 3 is 2.74 bits per heavy atom. The smallest absolute Gasteiger partial charge is 0.142 e. The highest BCUT2D eigenvalue weighted by atomic mass is 16.5.